The number of nitrogens with two attached hydrogens (primary N) is 1. The van der Waals surface area contributed by atoms with E-state index in [2.05, 4.69) is 29.2 Å². The zero-order valence-corrected chi connectivity index (χ0v) is 11.2. The van der Waals surface area contributed by atoms with Gasteiger partial charge in [-0.2, -0.15) is 4.98 Å². The van der Waals surface area contributed by atoms with Gasteiger partial charge in [0.1, 0.15) is 0 Å². The highest BCUT2D eigenvalue weighted by Gasteiger charge is 2.36. The van der Waals surface area contributed by atoms with Crippen LogP contribution >= 0.6 is 0 Å². The minimum atomic E-state index is -0.377. The second-order valence-corrected chi connectivity index (χ2v) is 5.45. The molecule has 4 heteroatoms. The summed E-state index contributed by atoms with van der Waals surface area (Å²) in [4.78, 5) is 4.54. The molecule has 0 saturated heterocycles. The summed E-state index contributed by atoms with van der Waals surface area (Å²) in [6, 6.07) is 10.2. The first-order valence-corrected chi connectivity index (χ1v) is 6.87. The van der Waals surface area contributed by atoms with Gasteiger partial charge in [-0.1, -0.05) is 48.3 Å². The Bertz CT molecular complexity index is 544. The average molecular weight is 257 g/mol. The van der Waals surface area contributed by atoms with Crippen LogP contribution in [-0.2, 0) is 5.54 Å². The fraction of sp³-hybridized carbons (Fsp3) is 0.467. The fourth-order valence-electron chi connectivity index (χ4n) is 2.73. The topological polar surface area (TPSA) is 64.9 Å². The Balaban J connectivity index is 1.85. The largest absolute Gasteiger partial charge is 0.339 e. The van der Waals surface area contributed by atoms with Crippen molar-refractivity contribution in [1.82, 2.24) is 10.1 Å². The van der Waals surface area contributed by atoms with E-state index in [0.29, 0.717) is 11.7 Å². The van der Waals surface area contributed by atoms with E-state index >= 15 is 0 Å². The summed E-state index contributed by atoms with van der Waals surface area (Å²) >= 11 is 0. The second-order valence-electron chi connectivity index (χ2n) is 5.45. The first-order chi connectivity index (χ1) is 9.19. The maximum atomic E-state index is 6.35. The highest BCUT2D eigenvalue weighted by Crippen LogP contribution is 2.35. The summed E-state index contributed by atoms with van der Waals surface area (Å²) in [5.41, 5.74) is 7.15. The van der Waals surface area contributed by atoms with Crippen LogP contribution in [0.4, 0.5) is 0 Å². The molecule has 0 aliphatic heterocycles. The summed E-state index contributed by atoms with van der Waals surface area (Å²) in [7, 11) is 0. The molecular formula is C15H19N3O. The molecule has 1 aliphatic carbocycles. The standard InChI is InChI=1S/C15H19N3O/c1-11(12-7-3-2-4-8-12)13-17-14(18-19-13)15(16)9-5-6-10-15/h2-4,7-8,11H,5-6,9-10,16H2,1H3. The van der Waals surface area contributed by atoms with Crippen molar-refractivity contribution in [3.8, 4) is 0 Å². The number of hydrogen-bond donors (Lipinski definition) is 1. The van der Waals surface area contributed by atoms with Crippen molar-refractivity contribution < 1.29 is 4.52 Å². The number of nitrogens with zero attached hydrogens (tertiary/aromatic N) is 2. The molecule has 0 bridgehead atoms. The molecular weight excluding hydrogens is 238 g/mol. The number of hydrogen-bond acceptors (Lipinski definition) is 4. The monoisotopic (exact) mass is 257 g/mol. The third-order valence-corrected chi connectivity index (χ3v) is 4.05. The zero-order chi connectivity index (χ0) is 13.3. The van der Waals surface area contributed by atoms with Gasteiger partial charge in [-0.15, -0.1) is 0 Å². The molecule has 2 aromatic rings. The average Bonchev–Trinajstić information content (AvgIpc) is 3.08. The molecule has 2 N–H and O–H groups in total. The summed E-state index contributed by atoms with van der Waals surface area (Å²) < 4.78 is 5.42. The van der Waals surface area contributed by atoms with Crippen LogP contribution in [0.3, 0.4) is 0 Å². The van der Waals surface area contributed by atoms with Crippen LogP contribution < -0.4 is 5.73 Å². The van der Waals surface area contributed by atoms with Gasteiger partial charge in [0.2, 0.25) is 5.89 Å². The molecule has 1 aliphatic rings. The molecule has 1 atom stereocenters. The van der Waals surface area contributed by atoms with Crippen LogP contribution in [0.15, 0.2) is 34.9 Å². The number of rotatable bonds is 3. The smallest absolute Gasteiger partial charge is 0.233 e. The molecule has 3 rings (SSSR count). The van der Waals surface area contributed by atoms with Gasteiger partial charge in [0, 0.05) is 0 Å². The van der Waals surface area contributed by atoms with Crippen molar-refractivity contribution in [2.45, 2.75) is 44.1 Å². The predicted octanol–water partition coefficient (Wildman–Crippen LogP) is 2.95. The molecule has 1 unspecified atom stereocenters. The maximum Gasteiger partial charge on any atom is 0.233 e. The molecule has 1 aromatic heterocycles. The molecule has 0 radical (unpaired) electrons. The highest BCUT2D eigenvalue weighted by atomic mass is 16.5. The van der Waals surface area contributed by atoms with Gasteiger partial charge >= 0.3 is 0 Å². The quantitative estimate of drug-likeness (QED) is 0.918. The third kappa shape index (κ3) is 2.28. The van der Waals surface area contributed by atoms with Crippen molar-refractivity contribution in [3.63, 3.8) is 0 Å². The fourth-order valence-corrected chi connectivity index (χ4v) is 2.73. The van der Waals surface area contributed by atoms with Crippen LogP contribution in [0.5, 0.6) is 0 Å². The van der Waals surface area contributed by atoms with Gasteiger partial charge in [0.05, 0.1) is 11.5 Å². The van der Waals surface area contributed by atoms with Crippen LogP contribution in [0.25, 0.3) is 0 Å². The molecule has 4 nitrogen and oxygen atoms in total. The lowest BCUT2D eigenvalue weighted by Crippen LogP contribution is -2.34. The van der Waals surface area contributed by atoms with Gasteiger partial charge in [0.25, 0.3) is 0 Å². The van der Waals surface area contributed by atoms with E-state index in [0.717, 1.165) is 25.7 Å². The van der Waals surface area contributed by atoms with Crippen molar-refractivity contribution in [3.05, 3.63) is 47.6 Å². The highest BCUT2D eigenvalue weighted by molar-refractivity contribution is 5.23. The summed E-state index contributed by atoms with van der Waals surface area (Å²) in [6.07, 6.45) is 4.20. The van der Waals surface area contributed by atoms with Gasteiger partial charge in [-0.3, -0.25) is 0 Å². The number of aromatic nitrogens is 2. The van der Waals surface area contributed by atoms with Crippen LogP contribution in [0.2, 0.25) is 0 Å². The van der Waals surface area contributed by atoms with Crippen LogP contribution in [-0.4, -0.2) is 10.1 Å². The Labute approximate surface area is 113 Å². The minimum Gasteiger partial charge on any atom is -0.339 e. The number of benzene rings is 1. The third-order valence-electron chi connectivity index (χ3n) is 4.05. The molecule has 19 heavy (non-hydrogen) atoms. The van der Waals surface area contributed by atoms with Crippen LogP contribution in [0, 0.1) is 0 Å². The molecule has 100 valence electrons. The lowest BCUT2D eigenvalue weighted by molar-refractivity contribution is 0.344. The molecule has 0 spiro atoms. The van der Waals surface area contributed by atoms with E-state index in [9.17, 15) is 0 Å². The van der Waals surface area contributed by atoms with Crippen molar-refractivity contribution >= 4 is 0 Å². The Morgan fingerprint density at radius 1 is 1.21 bits per heavy atom. The zero-order valence-electron chi connectivity index (χ0n) is 11.2. The summed E-state index contributed by atoms with van der Waals surface area (Å²) in [6.45, 7) is 2.07. The molecule has 1 heterocycles. The SMILES string of the molecule is CC(c1ccccc1)c1nc(C2(N)CCCC2)no1. The van der Waals surface area contributed by atoms with E-state index in [1.807, 2.05) is 18.2 Å². The van der Waals surface area contributed by atoms with E-state index in [-0.39, 0.29) is 11.5 Å². The first kappa shape index (κ1) is 12.4. The van der Waals surface area contributed by atoms with Crippen molar-refractivity contribution in [2.75, 3.05) is 0 Å². The van der Waals surface area contributed by atoms with E-state index < -0.39 is 0 Å². The van der Waals surface area contributed by atoms with Crippen molar-refractivity contribution in [2.24, 2.45) is 5.73 Å². The summed E-state index contributed by atoms with van der Waals surface area (Å²) in [5, 5.41) is 4.11. The lowest BCUT2D eigenvalue weighted by atomic mass is 9.98. The Hall–Kier alpha value is -1.68. The Morgan fingerprint density at radius 2 is 1.89 bits per heavy atom. The normalized spacial score (nSPS) is 19.5. The predicted molar refractivity (Wildman–Crippen MR) is 72.6 cm³/mol. The Kier molecular flexibility index (Phi) is 3.11. The molecule has 1 saturated carbocycles. The first-order valence-electron chi connectivity index (χ1n) is 6.87. The van der Waals surface area contributed by atoms with Gasteiger partial charge in [0.15, 0.2) is 5.82 Å². The second kappa shape index (κ2) is 4.78. The minimum absolute atomic E-state index is 0.104. The van der Waals surface area contributed by atoms with E-state index in [1.165, 1.54) is 5.56 Å². The van der Waals surface area contributed by atoms with Crippen LogP contribution in [0.1, 0.15) is 55.8 Å². The molecule has 1 fully saturated rings. The van der Waals surface area contributed by atoms with Crippen molar-refractivity contribution in [1.29, 1.82) is 0 Å². The van der Waals surface area contributed by atoms with Gasteiger partial charge in [-0.05, 0) is 25.3 Å². The summed E-state index contributed by atoms with van der Waals surface area (Å²) in [5.74, 6) is 1.42. The van der Waals surface area contributed by atoms with Gasteiger partial charge in [-0.25, -0.2) is 0 Å². The van der Waals surface area contributed by atoms with E-state index in [4.69, 9.17) is 10.3 Å². The molecule has 0 amide bonds. The molecule has 1 aromatic carbocycles. The van der Waals surface area contributed by atoms with E-state index in [1.54, 1.807) is 0 Å². The lowest BCUT2D eigenvalue weighted by Gasteiger charge is -2.17. The van der Waals surface area contributed by atoms with Gasteiger partial charge < -0.3 is 10.3 Å². The Morgan fingerprint density at radius 3 is 2.58 bits per heavy atom. The maximum absolute atomic E-state index is 6.35.